The molecule has 1 aromatic rings. The predicted octanol–water partition coefficient (Wildman–Crippen LogP) is 3.06. The fourth-order valence-electron chi connectivity index (χ4n) is 2.62. The van der Waals surface area contributed by atoms with Crippen molar-refractivity contribution in [3.05, 3.63) is 35.4 Å². The Morgan fingerprint density at radius 2 is 1.90 bits per heavy atom. The van der Waals surface area contributed by atoms with Crippen molar-refractivity contribution in [2.24, 2.45) is 11.8 Å². The monoisotopic (exact) mass is 293 g/mol. The first-order chi connectivity index (χ1) is 10.2. The van der Waals surface area contributed by atoms with Crippen LogP contribution in [0.2, 0.25) is 0 Å². The maximum atomic E-state index is 5.23. The lowest BCUT2D eigenvalue weighted by molar-refractivity contribution is 0.161. The molecule has 0 saturated heterocycles. The first-order valence-electron chi connectivity index (χ1n) is 7.91. The second kappa shape index (κ2) is 10.8. The molecule has 0 aliphatic heterocycles. The standard InChI is InChI=1S/C18H31NO2/c1-15-6-5-7-17(12-15)13-18(14-19-9-11-21-4)16(2)8-10-20-3/h5-7,12,16,18-19H,8-11,13-14H2,1-4H3. The molecule has 2 unspecified atom stereocenters. The molecule has 0 radical (unpaired) electrons. The maximum Gasteiger partial charge on any atom is 0.0587 e. The Balaban J connectivity index is 2.57. The molecule has 0 bridgehead atoms. The van der Waals surface area contributed by atoms with Gasteiger partial charge in [-0.1, -0.05) is 36.8 Å². The van der Waals surface area contributed by atoms with Gasteiger partial charge in [0.25, 0.3) is 0 Å². The molecule has 0 aliphatic carbocycles. The first-order valence-corrected chi connectivity index (χ1v) is 7.91. The van der Waals surface area contributed by atoms with E-state index < -0.39 is 0 Å². The van der Waals surface area contributed by atoms with Crippen molar-refractivity contribution in [2.75, 3.05) is 40.5 Å². The summed E-state index contributed by atoms with van der Waals surface area (Å²) < 4.78 is 10.3. The van der Waals surface area contributed by atoms with E-state index >= 15 is 0 Å². The van der Waals surface area contributed by atoms with Crippen molar-refractivity contribution in [3.63, 3.8) is 0 Å². The van der Waals surface area contributed by atoms with E-state index in [-0.39, 0.29) is 0 Å². The van der Waals surface area contributed by atoms with E-state index in [1.165, 1.54) is 11.1 Å². The molecule has 3 heteroatoms. The highest BCUT2D eigenvalue weighted by Gasteiger charge is 2.17. The van der Waals surface area contributed by atoms with Crippen LogP contribution >= 0.6 is 0 Å². The van der Waals surface area contributed by atoms with Gasteiger partial charge in [-0.15, -0.1) is 0 Å². The first kappa shape index (κ1) is 18.1. The van der Waals surface area contributed by atoms with E-state index in [0.717, 1.165) is 39.1 Å². The van der Waals surface area contributed by atoms with Crippen LogP contribution < -0.4 is 5.32 Å². The topological polar surface area (TPSA) is 30.5 Å². The van der Waals surface area contributed by atoms with Gasteiger partial charge < -0.3 is 14.8 Å². The smallest absolute Gasteiger partial charge is 0.0587 e. The number of aryl methyl sites for hydroxylation is 1. The molecule has 21 heavy (non-hydrogen) atoms. The van der Waals surface area contributed by atoms with E-state index in [1.54, 1.807) is 14.2 Å². The van der Waals surface area contributed by atoms with Crippen LogP contribution in [-0.2, 0) is 15.9 Å². The summed E-state index contributed by atoms with van der Waals surface area (Å²) in [4.78, 5) is 0. The quantitative estimate of drug-likeness (QED) is 0.636. The van der Waals surface area contributed by atoms with Crippen molar-refractivity contribution in [1.82, 2.24) is 5.32 Å². The fourth-order valence-corrected chi connectivity index (χ4v) is 2.62. The highest BCUT2D eigenvalue weighted by Crippen LogP contribution is 2.20. The fraction of sp³-hybridized carbons (Fsp3) is 0.667. The number of ether oxygens (including phenoxy) is 2. The minimum Gasteiger partial charge on any atom is -0.385 e. The Labute approximate surface area is 130 Å². The minimum absolute atomic E-state index is 0.624. The normalized spacial score (nSPS) is 14.1. The van der Waals surface area contributed by atoms with Gasteiger partial charge in [0, 0.05) is 27.4 Å². The van der Waals surface area contributed by atoms with Crippen LogP contribution in [0.5, 0.6) is 0 Å². The largest absolute Gasteiger partial charge is 0.385 e. The lowest BCUT2D eigenvalue weighted by atomic mass is 9.85. The van der Waals surface area contributed by atoms with Crippen molar-refractivity contribution in [2.45, 2.75) is 26.7 Å². The summed E-state index contributed by atoms with van der Waals surface area (Å²) in [6.07, 6.45) is 2.23. The Kier molecular flexibility index (Phi) is 9.31. The van der Waals surface area contributed by atoms with E-state index in [9.17, 15) is 0 Å². The summed E-state index contributed by atoms with van der Waals surface area (Å²) in [6, 6.07) is 8.84. The van der Waals surface area contributed by atoms with Crippen LogP contribution in [0.3, 0.4) is 0 Å². The van der Waals surface area contributed by atoms with Gasteiger partial charge in [-0.05, 0) is 43.7 Å². The Bertz CT molecular complexity index is 381. The number of rotatable bonds is 11. The lowest BCUT2D eigenvalue weighted by Crippen LogP contribution is -2.31. The van der Waals surface area contributed by atoms with Gasteiger partial charge in [0.15, 0.2) is 0 Å². The molecule has 3 nitrogen and oxygen atoms in total. The molecule has 1 rings (SSSR count). The molecular formula is C18H31NO2. The zero-order chi connectivity index (χ0) is 15.5. The molecule has 0 heterocycles. The zero-order valence-corrected chi connectivity index (χ0v) is 14.0. The molecule has 2 atom stereocenters. The molecular weight excluding hydrogens is 262 g/mol. The average molecular weight is 293 g/mol. The summed E-state index contributed by atoms with van der Waals surface area (Å²) in [6.45, 7) is 8.04. The van der Waals surface area contributed by atoms with Crippen LogP contribution in [0.15, 0.2) is 24.3 Å². The van der Waals surface area contributed by atoms with Crippen LogP contribution in [-0.4, -0.2) is 40.5 Å². The van der Waals surface area contributed by atoms with Crippen LogP contribution in [0.25, 0.3) is 0 Å². The molecule has 0 aliphatic rings. The second-order valence-electron chi connectivity index (χ2n) is 5.91. The number of benzene rings is 1. The molecule has 120 valence electrons. The molecule has 1 N–H and O–H groups in total. The molecule has 0 fully saturated rings. The Morgan fingerprint density at radius 3 is 2.57 bits per heavy atom. The lowest BCUT2D eigenvalue weighted by Gasteiger charge is -2.25. The van der Waals surface area contributed by atoms with Crippen molar-refractivity contribution < 1.29 is 9.47 Å². The zero-order valence-electron chi connectivity index (χ0n) is 14.0. The van der Waals surface area contributed by atoms with Gasteiger partial charge in [-0.3, -0.25) is 0 Å². The number of hydrogen-bond acceptors (Lipinski definition) is 3. The van der Waals surface area contributed by atoms with Gasteiger partial charge in [0.05, 0.1) is 6.61 Å². The average Bonchev–Trinajstić information content (AvgIpc) is 2.48. The summed E-state index contributed by atoms with van der Waals surface area (Å²) in [5.41, 5.74) is 2.76. The van der Waals surface area contributed by atoms with Gasteiger partial charge in [0.1, 0.15) is 0 Å². The minimum atomic E-state index is 0.624. The van der Waals surface area contributed by atoms with Gasteiger partial charge in [0.2, 0.25) is 0 Å². The Hall–Kier alpha value is -0.900. The number of hydrogen-bond donors (Lipinski definition) is 1. The highest BCUT2D eigenvalue weighted by atomic mass is 16.5. The van der Waals surface area contributed by atoms with Crippen LogP contribution in [0, 0.1) is 18.8 Å². The van der Waals surface area contributed by atoms with Gasteiger partial charge in [-0.2, -0.15) is 0 Å². The third kappa shape index (κ3) is 7.60. The van der Waals surface area contributed by atoms with Gasteiger partial charge >= 0.3 is 0 Å². The molecule has 0 amide bonds. The molecule has 0 spiro atoms. The third-order valence-corrected chi connectivity index (χ3v) is 4.05. The molecule has 1 aromatic carbocycles. The summed E-state index contributed by atoms with van der Waals surface area (Å²) in [5, 5.41) is 3.51. The van der Waals surface area contributed by atoms with Gasteiger partial charge in [-0.25, -0.2) is 0 Å². The summed E-state index contributed by atoms with van der Waals surface area (Å²) in [7, 11) is 3.52. The van der Waals surface area contributed by atoms with E-state index in [4.69, 9.17) is 9.47 Å². The SMILES string of the molecule is COCCNCC(Cc1cccc(C)c1)C(C)CCOC. The maximum absolute atomic E-state index is 5.23. The van der Waals surface area contributed by atoms with E-state index in [1.807, 2.05) is 0 Å². The second-order valence-corrected chi connectivity index (χ2v) is 5.91. The predicted molar refractivity (Wildman–Crippen MR) is 88.8 cm³/mol. The number of methoxy groups -OCH3 is 2. The van der Waals surface area contributed by atoms with E-state index in [2.05, 4.69) is 43.4 Å². The Morgan fingerprint density at radius 1 is 1.14 bits per heavy atom. The third-order valence-electron chi connectivity index (χ3n) is 4.05. The van der Waals surface area contributed by atoms with Crippen LogP contribution in [0.1, 0.15) is 24.5 Å². The summed E-state index contributed by atoms with van der Waals surface area (Å²) >= 11 is 0. The van der Waals surface area contributed by atoms with Crippen LogP contribution in [0.4, 0.5) is 0 Å². The van der Waals surface area contributed by atoms with E-state index in [0.29, 0.717) is 11.8 Å². The van der Waals surface area contributed by atoms with Crippen molar-refractivity contribution in [3.8, 4) is 0 Å². The number of nitrogens with one attached hydrogen (secondary N) is 1. The molecule has 0 saturated carbocycles. The van der Waals surface area contributed by atoms with Crippen molar-refractivity contribution in [1.29, 1.82) is 0 Å². The molecule has 0 aromatic heterocycles. The van der Waals surface area contributed by atoms with Crippen molar-refractivity contribution >= 4 is 0 Å². The summed E-state index contributed by atoms with van der Waals surface area (Å²) in [5.74, 6) is 1.26. The highest BCUT2D eigenvalue weighted by molar-refractivity contribution is 5.22.